The average Bonchev–Trinajstić information content (AvgIpc) is 3.36. The Hall–Kier alpha value is -4.05. The van der Waals surface area contributed by atoms with Crippen LogP contribution < -0.4 is 10.4 Å². The van der Waals surface area contributed by atoms with Crippen molar-refractivity contribution < 1.29 is 23.5 Å². The highest BCUT2D eigenvalue weighted by molar-refractivity contribution is 6.01. The van der Waals surface area contributed by atoms with E-state index >= 15 is 0 Å². The Kier molecular flexibility index (Phi) is 5.42. The summed E-state index contributed by atoms with van der Waals surface area (Å²) >= 11 is 0. The summed E-state index contributed by atoms with van der Waals surface area (Å²) in [5.41, 5.74) is 1.03. The van der Waals surface area contributed by atoms with E-state index in [2.05, 4.69) is 5.32 Å². The molecule has 1 N–H and O–H groups in total. The maximum Gasteiger partial charge on any atom is 0.262 e. The number of hydrogen-bond acceptors (Lipinski definition) is 6. The second-order valence-electron chi connectivity index (χ2n) is 5.90. The Morgan fingerprint density at radius 1 is 1.21 bits per heavy atom. The van der Waals surface area contributed by atoms with Gasteiger partial charge in [0, 0.05) is 17.2 Å². The molecule has 0 aliphatic rings. The summed E-state index contributed by atoms with van der Waals surface area (Å²) in [6, 6.07) is 13.2. The Morgan fingerprint density at radius 2 is 2.04 bits per heavy atom. The number of furan rings is 2. The quantitative estimate of drug-likeness (QED) is 0.522. The third-order valence-corrected chi connectivity index (χ3v) is 4.10. The smallest absolute Gasteiger partial charge is 0.262 e. The minimum Gasteiger partial charge on any atom is -0.545 e. The number of aromatic carboxylic acids is 1. The highest BCUT2D eigenvalue weighted by atomic mass is 16.4. The number of carbonyl (C=O) groups is 2. The lowest BCUT2D eigenvalue weighted by atomic mass is 10.0. The number of nitriles is 1. The Bertz CT molecular complexity index is 1080. The summed E-state index contributed by atoms with van der Waals surface area (Å²) in [7, 11) is 0. The summed E-state index contributed by atoms with van der Waals surface area (Å²) < 4.78 is 10.8. The third-order valence-electron chi connectivity index (χ3n) is 4.10. The largest absolute Gasteiger partial charge is 0.545 e. The average molecular weight is 375 g/mol. The lowest BCUT2D eigenvalue weighted by Gasteiger charge is -2.10. The molecule has 3 rings (SSSR count). The molecule has 0 saturated heterocycles. The standard InChI is InChI=1S/C21H16N2O5/c1-13-17(5-2-6-18(13)21(25)26)19-8-7-15(28-19)10-14(11-22)20(24)23-12-16-4-3-9-27-16/h2-10H,12H2,1H3,(H,23,24)(H,25,26)/p-1/b14-10+. The Labute approximate surface area is 160 Å². The number of nitrogens with one attached hydrogen (secondary N) is 1. The van der Waals surface area contributed by atoms with Gasteiger partial charge in [-0.2, -0.15) is 5.26 Å². The number of benzene rings is 1. The van der Waals surface area contributed by atoms with E-state index in [1.54, 1.807) is 43.3 Å². The number of rotatable bonds is 6. The minimum atomic E-state index is -1.27. The fourth-order valence-electron chi connectivity index (χ4n) is 2.67. The molecule has 1 amide bonds. The first-order valence-corrected chi connectivity index (χ1v) is 8.33. The molecule has 7 heteroatoms. The van der Waals surface area contributed by atoms with Gasteiger partial charge < -0.3 is 24.1 Å². The Morgan fingerprint density at radius 3 is 2.71 bits per heavy atom. The van der Waals surface area contributed by atoms with Gasteiger partial charge in [0.05, 0.1) is 18.8 Å². The van der Waals surface area contributed by atoms with Gasteiger partial charge in [-0.1, -0.05) is 18.2 Å². The monoisotopic (exact) mass is 375 g/mol. The van der Waals surface area contributed by atoms with Gasteiger partial charge in [-0.3, -0.25) is 4.79 Å². The van der Waals surface area contributed by atoms with Gasteiger partial charge in [0.15, 0.2) is 0 Å². The first-order valence-electron chi connectivity index (χ1n) is 8.33. The van der Waals surface area contributed by atoms with Crippen molar-refractivity contribution in [2.45, 2.75) is 13.5 Å². The summed E-state index contributed by atoms with van der Waals surface area (Å²) in [5.74, 6) is -0.565. The van der Waals surface area contributed by atoms with E-state index in [1.165, 1.54) is 18.4 Å². The molecule has 0 aliphatic heterocycles. The lowest BCUT2D eigenvalue weighted by molar-refractivity contribution is -0.255. The van der Waals surface area contributed by atoms with Crippen LogP contribution in [0, 0.1) is 18.3 Å². The normalized spacial score (nSPS) is 11.1. The SMILES string of the molecule is Cc1c(C(=O)[O-])cccc1-c1ccc(/C=C(\C#N)C(=O)NCc2ccco2)o1. The molecule has 1 aromatic carbocycles. The van der Waals surface area contributed by atoms with Crippen LogP contribution >= 0.6 is 0 Å². The van der Waals surface area contributed by atoms with Crippen LogP contribution in [0.25, 0.3) is 17.4 Å². The fraction of sp³-hybridized carbons (Fsp3) is 0.0952. The van der Waals surface area contributed by atoms with Gasteiger partial charge in [-0.15, -0.1) is 0 Å². The van der Waals surface area contributed by atoms with E-state index in [1.807, 2.05) is 6.07 Å². The first kappa shape index (κ1) is 18.7. The van der Waals surface area contributed by atoms with Crippen molar-refractivity contribution in [3.05, 3.63) is 76.9 Å². The molecule has 0 radical (unpaired) electrons. The summed E-state index contributed by atoms with van der Waals surface area (Å²) in [6.45, 7) is 1.81. The van der Waals surface area contributed by atoms with Crippen LogP contribution in [-0.4, -0.2) is 11.9 Å². The molecular weight excluding hydrogens is 360 g/mol. The molecule has 0 fully saturated rings. The van der Waals surface area contributed by atoms with Gasteiger partial charge in [0.1, 0.15) is 28.9 Å². The van der Waals surface area contributed by atoms with Crippen molar-refractivity contribution >= 4 is 18.0 Å². The van der Waals surface area contributed by atoms with Crippen molar-refractivity contribution in [2.24, 2.45) is 0 Å². The molecule has 0 bridgehead atoms. The molecule has 0 aliphatic carbocycles. The number of nitrogens with zero attached hydrogens (tertiary/aromatic N) is 1. The molecule has 2 heterocycles. The summed E-state index contributed by atoms with van der Waals surface area (Å²) in [5, 5.41) is 23.0. The zero-order chi connectivity index (χ0) is 20.1. The van der Waals surface area contributed by atoms with Crippen molar-refractivity contribution in [3.8, 4) is 17.4 Å². The number of carboxylic acids is 1. The Balaban J connectivity index is 1.81. The highest BCUT2D eigenvalue weighted by Gasteiger charge is 2.13. The molecule has 0 saturated carbocycles. The molecule has 0 spiro atoms. The molecule has 3 aromatic rings. The third kappa shape index (κ3) is 4.02. The van der Waals surface area contributed by atoms with E-state index in [-0.39, 0.29) is 23.4 Å². The van der Waals surface area contributed by atoms with Crippen LogP contribution in [-0.2, 0) is 11.3 Å². The zero-order valence-electron chi connectivity index (χ0n) is 14.9. The van der Waals surface area contributed by atoms with Crippen LogP contribution in [0.4, 0.5) is 0 Å². The molecule has 0 unspecified atom stereocenters. The van der Waals surface area contributed by atoms with Crippen molar-refractivity contribution in [1.82, 2.24) is 5.32 Å². The number of amides is 1. The van der Waals surface area contributed by atoms with Crippen molar-refractivity contribution in [1.29, 1.82) is 5.26 Å². The van der Waals surface area contributed by atoms with Gasteiger partial charge in [-0.25, -0.2) is 0 Å². The topological polar surface area (TPSA) is 119 Å². The fourth-order valence-corrected chi connectivity index (χ4v) is 2.67. The molecule has 7 nitrogen and oxygen atoms in total. The van der Waals surface area contributed by atoms with Crippen LogP contribution in [0.3, 0.4) is 0 Å². The van der Waals surface area contributed by atoms with Crippen molar-refractivity contribution in [3.63, 3.8) is 0 Å². The van der Waals surface area contributed by atoms with Crippen LogP contribution in [0.15, 0.2) is 63.1 Å². The number of carboxylic acid groups (broad SMARTS) is 1. The van der Waals surface area contributed by atoms with E-state index in [9.17, 15) is 20.0 Å². The minimum absolute atomic E-state index is 0.0704. The lowest BCUT2D eigenvalue weighted by Crippen LogP contribution is -2.23. The second-order valence-corrected chi connectivity index (χ2v) is 5.90. The van der Waals surface area contributed by atoms with Gasteiger partial charge >= 0.3 is 0 Å². The molecule has 28 heavy (non-hydrogen) atoms. The zero-order valence-corrected chi connectivity index (χ0v) is 14.9. The van der Waals surface area contributed by atoms with E-state index in [0.717, 1.165) is 0 Å². The highest BCUT2D eigenvalue weighted by Crippen LogP contribution is 2.28. The maximum absolute atomic E-state index is 12.2. The van der Waals surface area contributed by atoms with Gasteiger partial charge in [-0.05, 0) is 36.8 Å². The molecule has 2 aromatic heterocycles. The van der Waals surface area contributed by atoms with E-state index in [0.29, 0.717) is 22.6 Å². The molecule has 0 atom stereocenters. The van der Waals surface area contributed by atoms with E-state index < -0.39 is 11.9 Å². The van der Waals surface area contributed by atoms with Crippen molar-refractivity contribution in [2.75, 3.05) is 0 Å². The second kappa shape index (κ2) is 8.10. The van der Waals surface area contributed by atoms with Gasteiger partial charge in [0.25, 0.3) is 5.91 Å². The number of hydrogen-bond donors (Lipinski definition) is 1. The van der Waals surface area contributed by atoms with Gasteiger partial charge in [0.2, 0.25) is 0 Å². The molecular formula is C21H15N2O5-. The first-order chi connectivity index (χ1) is 13.5. The molecule has 140 valence electrons. The van der Waals surface area contributed by atoms with E-state index in [4.69, 9.17) is 8.83 Å². The predicted molar refractivity (Wildman–Crippen MR) is 97.4 cm³/mol. The predicted octanol–water partition coefficient (Wildman–Crippen LogP) is 2.43. The number of carbonyl (C=O) groups excluding carboxylic acids is 2. The van der Waals surface area contributed by atoms with Crippen LogP contribution in [0.1, 0.15) is 27.4 Å². The summed E-state index contributed by atoms with van der Waals surface area (Å²) in [4.78, 5) is 23.3. The van der Waals surface area contributed by atoms with Crippen LogP contribution in [0.2, 0.25) is 0 Å². The maximum atomic E-state index is 12.2. The summed E-state index contributed by atoms with van der Waals surface area (Å²) in [6.07, 6.45) is 2.81. The van der Waals surface area contributed by atoms with Crippen LogP contribution in [0.5, 0.6) is 0 Å².